The Morgan fingerprint density at radius 1 is 1.64 bits per heavy atom. The van der Waals surface area contributed by atoms with Crippen LogP contribution in [0, 0.1) is 6.92 Å². The molecule has 0 saturated heterocycles. The van der Waals surface area contributed by atoms with Crippen LogP contribution in [-0.4, -0.2) is 15.4 Å². The summed E-state index contributed by atoms with van der Waals surface area (Å²) in [6.07, 6.45) is 3.56. The molecule has 0 aliphatic carbocycles. The van der Waals surface area contributed by atoms with Crippen LogP contribution in [-0.2, 0) is 6.54 Å². The number of rotatable bonds is 2. The van der Waals surface area contributed by atoms with E-state index in [1.165, 1.54) is 0 Å². The second-order valence-corrected chi connectivity index (χ2v) is 3.43. The van der Waals surface area contributed by atoms with Gasteiger partial charge in [0.1, 0.15) is 5.67 Å². The smallest absolute Gasteiger partial charge is 0.124 e. The highest BCUT2D eigenvalue weighted by Crippen LogP contribution is 2.10. The minimum absolute atomic E-state index is 0.320. The summed E-state index contributed by atoms with van der Waals surface area (Å²) in [5.74, 6) is 0. The van der Waals surface area contributed by atoms with E-state index in [1.807, 2.05) is 13.1 Å². The quantitative estimate of drug-likeness (QED) is 0.639. The molecule has 0 radical (unpaired) electrons. The molecule has 62 valence electrons. The Labute approximate surface area is 66.0 Å². The summed E-state index contributed by atoms with van der Waals surface area (Å²) in [6, 6.07) is 0. The summed E-state index contributed by atoms with van der Waals surface area (Å²) in [7, 11) is 0. The highest BCUT2D eigenvalue weighted by Gasteiger charge is 2.16. The van der Waals surface area contributed by atoms with Crippen LogP contribution in [0.4, 0.5) is 4.39 Å². The maximum atomic E-state index is 13.0. The van der Waals surface area contributed by atoms with Gasteiger partial charge in [-0.15, -0.1) is 0 Å². The first kappa shape index (κ1) is 8.24. The molecule has 1 aromatic rings. The van der Waals surface area contributed by atoms with Crippen LogP contribution < -0.4 is 0 Å². The van der Waals surface area contributed by atoms with Crippen molar-refractivity contribution in [2.45, 2.75) is 33.0 Å². The van der Waals surface area contributed by atoms with Crippen molar-refractivity contribution in [3.05, 3.63) is 18.0 Å². The lowest BCUT2D eigenvalue weighted by molar-refractivity contribution is 0.179. The maximum Gasteiger partial charge on any atom is 0.124 e. The molecule has 3 heteroatoms. The topological polar surface area (TPSA) is 17.8 Å². The van der Waals surface area contributed by atoms with Crippen molar-refractivity contribution in [2.24, 2.45) is 0 Å². The van der Waals surface area contributed by atoms with Gasteiger partial charge in [-0.1, -0.05) is 0 Å². The summed E-state index contributed by atoms with van der Waals surface area (Å²) in [5, 5.41) is 3.98. The first-order chi connectivity index (χ1) is 4.97. The fourth-order valence-corrected chi connectivity index (χ4v) is 0.939. The van der Waals surface area contributed by atoms with Gasteiger partial charge < -0.3 is 0 Å². The Kier molecular flexibility index (Phi) is 1.98. The Morgan fingerprint density at radius 3 is 2.64 bits per heavy atom. The SMILES string of the molecule is Cc1cnn(CC(C)(C)F)c1. The molecule has 0 amide bonds. The van der Waals surface area contributed by atoms with E-state index in [0.29, 0.717) is 6.54 Å². The molecule has 11 heavy (non-hydrogen) atoms. The van der Waals surface area contributed by atoms with Gasteiger partial charge in [-0.3, -0.25) is 4.68 Å². The van der Waals surface area contributed by atoms with Crippen LogP contribution in [0.25, 0.3) is 0 Å². The lowest BCUT2D eigenvalue weighted by atomic mass is 10.2. The van der Waals surface area contributed by atoms with E-state index in [2.05, 4.69) is 5.10 Å². The average Bonchev–Trinajstić information content (AvgIpc) is 2.10. The third-order valence-electron chi connectivity index (χ3n) is 1.30. The van der Waals surface area contributed by atoms with Crippen LogP contribution in [0.3, 0.4) is 0 Å². The molecule has 1 aromatic heterocycles. The van der Waals surface area contributed by atoms with Crippen molar-refractivity contribution in [2.75, 3.05) is 0 Å². The molecule has 0 bridgehead atoms. The van der Waals surface area contributed by atoms with Gasteiger partial charge in [-0.25, -0.2) is 4.39 Å². The van der Waals surface area contributed by atoms with Crippen LogP contribution in [0.2, 0.25) is 0 Å². The molecule has 0 N–H and O–H groups in total. The Morgan fingerprint density at radius 2 is 2.27 bits per heavy atom. The number of alkyl halides is 1. The van der Waals surface area contributed by atoms with Crippen molar-refractivity contribution in [3.8, 4) is 0 Å². The van der Waals surface area contributed by atoms with Gasteiger partial charge in [0.25, 0.3) is 0 Å². The summed E-state index contributed by atoms with van der Waals surface area (Å²) >= 11 is 0. The molecular formula is C8H13FN2. The van der Waals surface area contributed by atoms with Crippen molar-refractivity contribution in [3.63, 3.8) is 0 Å². The molecule has 0 aromatic carbocycles. The number of aromatic nitrogens is 2. The van der Waals surface area contributed by atoms with Gasteiger partial charge in [0.2, 0.25) is 0 Å². The summed E-state index contributed by atoms with van der Waals surface area (Å²) in [4.78, 5) is 0. The molecule has 0 spiro atoms. The molecule has 0 aliphatic heterocycles. The number of nitrogens with zero attached hydrogens (tertiary/aromatic N) is 2. The Balaban J connectivity index is 2.65. The zero-order valence-corrected chi connectivity index (χ0v) is 7.13. The van der Waals surface area contributed by atoms with E-state index >= 15 is 0 Å². The number of halogens is 1. The predicted molar refractivity (Wildman–Crippen MR) is 42.2 cm³/mol. The predicted octanol–water partition coefficient (Wildman–Crippen LogP) is 1.94. The van der Waals surface area contributed by atoms with E-state index in [9.17, 15) is 4.39 Å². The van der Waals surface area contributed by atoms with Gasteiger partial charge in [0.05, 0.1) is 12.7 Å². The lowest BCUT2D eigenvalue weighted by Gasteiger charge is -2.12. The standard InChI is InChI=1S/C8H13FN2/c1-7-4-10-11(5-7)6-8(2,3)9/h4-5H,6H2,1-3H3. The first-order valence-corrected chi connectivity index (χ1v) is 3.65. The monoisotopic (exact) mass is 156 g/mol. The number of hydrogen-bond donors (Lipinski definition) is 0. The van der Waals surface area contributed by atoms with E-state index in [0.717, 1.165) is 5.56 Å². The normalized spacial score (nSPS) is 12.0. The van der Waals surface area contributed by atoms with Crippen LogP contribution in [0.15, 0.2) is 12.4 Å². The molecule has 1 rings (SSSR count). The van der Waals surface area contributed by atoms with Gasteiger partial charge in [-0.2, -0.15) is 5.10 Å². The highest BCUT2D eigenvalue weighted by atomic mass is 19.1. The summed E-state index contributed by atoms with van der Waals surface area (Å²) in [5.41, 5.74) is -0.118. The number of hydrogen-bond acceptors (Lipinski definition) is 1. The molecule has 0 unspecified atom stereocenters. The van der Waals surface area contributed by atoms with Crippen molar-refractivity contribution in [1.82, 2.24) is 9.78 Å². The third-order valence-corrected chi connectivity index (χ3v) is 1.30. The summed E-state index contributed by atoms with van der Waals surface area (Å²) in [6.45, 7) is 5.35. The summed E-state index contributed by atoms with van der Waals surface area (Å²) < 4.78 is 14.6. The third kappa shape index (κ3) is 2.70. The second-order valence-electron chi connectivity index (χ2n) is 3.43. The van der Waals surface area contributed by atoms with Crippen molar-refractivity contribution in [1.29, 1.82) is 0 Å². The first-order valence-electron chi connectivity index (χ1n) is 3.65. The molecular weight excluding hydrogens is 143 g/mol. The zero-order chi connectivity index (χ0) is 8.48. The molecule has 0 aliphatic rings. The minimum Gasteiger partial charge on any atom is -0.269 e. The number of aryl methyl sites for hydroxylation is 1. The Hall–Kier alpha value is -0.860. The molecule has 0 fully saturated rings. The largest absolute Gasteiger partial charge is 0.269 e. The van der Waals surface area contributed by atoms with E-state index < -0.39 is 5.67 Å². The molecule has 0 saturated carbocycles. The van der Waals surface area contributed by atoms with Gasteiger partial charge in [-0.05, 0) is 26.3 Å². The fraction of sp³-hybridized carbons (Fsp3) is 0.625. The molecule has 0 atom stereocenters. The fourth-order valence-electron chi connectivity index (χ4n) is 0.939. The minimum atomic E-state index is -1.18. The van der Waals surface area contributed by atoms with E-state index in [1.54, 1.807) is 24.7 Å². The van der Waals surface area contributed by atoms with Gasteiger partial charge in [0, 0.05) is 6.20 Å². The molecule has 1 heterocycles. The average molecular weight is 156 g/mol. The van der Waals surface area contributed by atoms with E-state index in [-0.39, 0.29) is 0 Å². The van der Waals surface area contributed by atoms with Crippen LogP contribution in [0.5, 0.6) is 0 Å². The second kappa shape index (κ2) is 2.64. The van der Waals surface area contributed by atoms with Crippen molar-refractivity contribution < 1.29 is 4.39 Å². The molecule has 2 nitrogen and oxygen atoms in total. The maximum absolute atomic E-state index is 13.0. The van der Waals surface area contributed by atoms with Gasteiger partial charge in [0.15, 0.2) is 0 Å². The lowest BCUT2D eigenvalue weighted by Crippen LogP contribution is -2.20. The van der Waals surface area contributed by atoms with Crippen LogP contribution >= 0.6 is 0 Å². The van der Waals surface area contributed by atoms with Crippen molar-refractivity contribution >= 4 is 0 Å². The zero-order valence-electron chi connectivity index (χ0n) is 7.13. The van der Waals surface area contributed by atoms with E-state index in [4.69, 9.17) is 0 Å². The van der Waals surface area contributed by atoms with Gasteiger partial charge >= 0.3 is 0 Å². The Bertz CT molecular complexity index is 234. The van der Waals surface area contributed by atoms with Crippen LogP contribution in [0.1, 0.15) is 19.4 Å². The highest BCUT2D eigenvalue weighted by molar-refractivity contribution is 4.99.